The van der Waals surface area contributed by atoms with Crippen LogP contribution in [0.4, 0.5) is 13.2 Å². The van der Waals surface area contributed by atoms with Crippen LogP contribution in [0.5, 0.6) is 0 Å². The number of fused-ring (bicyclic) bond motifs is 1. The fourth-order valence-corrected chi connectivity index (χ4v) is 2.77. The van der Waals surface area contributed by atoms with Crippen LogP contribution in [0.2, 0.25) is 0 Å². The molecule has 0 saturated carbocycles. The van der Waals surface area contributed by atoms with Gasteiger partial charge in [0.25, 0.3) is 0 Å². The van der Waals surface area contributed by atoms with Crippen molar-refractivity contribution in [2.75, 3.05) is 0 Å². The number of rotatable bonds is 1. The highest BCUT2D eigenvalue weighted by molar-refractivity contribution is 9.10. The lowest BCUT2D eigenvalue weighted by molar-refractivity contribution is -0.205. The molecule has 1 aromatic carbocycles. The maximum Gasteiger partial charge on any atom is 0.419 e. The third-order valence-electron chi connectivity index (χ3n) is 2.08. The van der Waals surface area contributed by atoms with Crippen LogP contribution in [-0.4, -0.2) is 11.3 Å². The minimum Gasteiger partial charge on any atom is -0.379 e. The van der Waals surface area contributed by atoms with E-state index in [2.05, 4.69) is 15.9 Å². The van der Waals surface area contributed by atoms with Crippen molar-refractivity contribution in [3.63, 3.8) is 0 Å². The minimum atomic E-state index is -4.61. The highest BCUT2D eigenvalue weighted by Gasteiger charge is 2.40. The Bertz CT molecular complexity index is 520. The molecule has 0 aliphatic carbocycles. The van der Waals surface area contributed by atoms with E-state index in [0.717, 1.165) is 20.5 Å². The van der Waals surface area contributed by atoms with Crippen LogP contribution < -0.4 is 0 Å². The number of hydrogen-bond donors (Lipinski definition) is 1. The molecule has 1 nitrogen and oxygen atoms in total. The van der Waals surface area contributed by atoms with Crippen molar-refractivity contribution in [2.45, 2.75) is 12.3 Å². The number of aliphatic hydroxyl groups is 1. The Morgan fingerprint density at radius 2 is 1.94 bits per heavy atom. The maximum atomic E-state index is 12.3. The minimum absolute atomic E-state index is 0.0828. The van der Waals surface area contributed by atoms with E-state index in [4.69, 9.17) is 5.11 Å². The zero-order chi connectivity index (χ0) is 11.9. The second kappa shape index (κ2) is 4.01. The molecule has 0 spiro atoms. The average molecular weight is 311 g/mol. The zero-order valence-corrected chi connectivity index (χ0v) is 10.2. The monoisotopic (exact) mass is 310 g/mol. The van der Waals surface area contributed by atoms with Crippen molar-refractivity contribution in [3.8, 4) is 0 Å². The van der Waals surface area contributed by atoms with Crippen molar-refractivity contribution >= 4 is 37.4 Å². The largest absolute Gasteiger partial charge is 0.419 e. The molecule has 6 heteroatoms. The molecule has 2 rings (SSSR count). The number of alkyl halides is 3. The van der Waals surface area contributed by atoms with E-state index in [9.17, 15) is 13.2 Å². The van der Waals surface area contributed by atoms with Gasteiger partial charge in [-0.3, -0.25) is 0 Å². The van der Waals surface area contributed by atoms with E-state index in [-0.39, 0.29) is 4.88 Å². The van der Waals surface area contributed by atoms with Crippen LogP contribution in [-0.2, 0) is 0 Å². The Morgan fingerprint density at radius 1 is 1.25 bits per heavy atom. The molecule has 16 heavy (non-hydrogen) atoms. The van der Waals surface area contributed by atoms with E-state index in [1.54, 1.807) is 18.2 Å². The van der Waals surface area contributed by atoms with Crippen molar-refractivity contribution in [1.29, 1.82) is 0 Å². The lowest BCUT2D eigenvalue weighted by Gasteiger charge is -2.11. The van der Waals surface area contributed by atoms with Crippen molar-refractivity contribution in [3.05, 3.63) is 33.6 Å². The Balaban J connectivity index is 2.47. The van der Waals surface area contributed by atoms with Crippen molar-refractivity contribution < 1.29 is 18.3 Å². The molecular weight excluding hydrogens is 305 g/mol. The molecule has 0 fully saturated rings. The zero-order valence-electron chi connectivity index (χ0n) is 7.75. The van der Waals surface area contributed by atoms with Crippen LogP contribution in [0.1, 0.15) is 11.0 Å². The molecule has 0 saturated heterocycles. The molecular formula is C10H6BrF3OS. The quantitative estimate of drug-likeness (QED) is 0.834. The Kier molecular flexibility index (Phi) is 2.98. The summed E-state index contributed by atoms with van der Waals surface area (Å²) in [6.07, 6.45) is -7.01. The SMILES string of the molecule is OC(c1cc2cc(Br)ccc2s1)C(F)(F)F. The second-order valence-electron chi connectivity index (χ2n) is 3.28. The lowest BCUT2D eigenvalue weighted by atomic mass is 10.2. The molecule has 1 atom stereocenters. The average Bonchev–Trinajstić information content (AvgIpc) is 2.57. The predicted octanol–water partition coefficient (Wildman–Crippen LogP) is 4.26. The normalized spacial score (nSPS) is 14.3. The molecule has 0 amide bonds. The molecule has 86 valence electrons. The summed E-state index contributed by atoms with van der Waals surface area (Å²) in [6.45, 7) is 0. The van der Waals surface area contributed by atoms with Gasteiger partial charge in [-0.25, -0.2) is 0 Å². The number of halogens is 4. The molecule has 1 unspecified atom stereocenters. The standard InChI is InChI=1S/C10H6BrF3OS/c11-6-1-2-7-5(3-6)4-8(16-7)9(15)10(12,13)14/h1-4,9,15H. The van der Waals surface area contributed by atoms with Gasteiger partial charge in [-0.05, 0) is 29.7 Å². The molecule has 0 aliphatic rings. The lowest BCUT2D eigenvalue weighted by Crippen LogP contribution is -2.18. The van der Waals surface area contributed by atoms with E-state index < -0.39 is 12.3 Å². The third kappa shape index (κ3) is 2.23. The first-order valence-corrected chi connectivity index (χ1v) is 5.92. The topological polar surface area (TPSA) is 20.2 Å². The molecule has 0 radical (unpaired) electrons. The fourth-order valence-electron chi connectivity index (χ4n) is 1.33. The predicted molar refractivity (Wildman–Crippen MR) is 60.5 cm³/mol. The van der Waals surface area contributed by atoms with Gasteiger partial charge in [-0.1, -0.05) is 15.9 Å². The smallest absolute Gasteiger partial charge is 0.379 e. The van der Waals surface area contributed by atoms with E-state index in [1.807, 2.05) is 0 Å². The summed E-state index contributed by atoms with van der Waals surface area (Å²) >= 11 is 4.19. The third-order valence-corrected chi connectivity index (χ3v) is 3.74. The first-order valence-electron chi connectivity index (χ1n) is 4.32. The van der Waals surface area contributed by atoms with Crippen LogP contribution in [0, 0.1) is 0 Å². The van der Waals surface area contributed by atoms with Gasteiger partial charge in [0.2, 0.25) is 0 Å². The molecule has 2 aromatic rings. The maximum absolute atomic E-state index is 12.3. The second-order valence-corrected chi connectivity index (χ2v) is 5.31. The summed E-state index contributed by atoms with van der Waals surface area (Å²) in [5, 5.41) is 9.79. The highest BCUT2D eigenvalue weighted by atomic mass is 79.9. The van der Waals surface area contributed by atoms with Gasteiger partial charge < -0.3 is 5.11 Å². The summed E-state index contributed by atoms with van der Waals surface area (Å²) in [6, 6.07) is 6.56. The molecule has 0 bridgehead atoms. The Hall–Kier alpha value is -0.590. The number of aliphatic hydroxyl groups excluding tert-OH is 1. The molecule has 1 heterocycles. The van der Waals surface area contributed by atoms with Crippen LogP contribution in [0.3, 0.4) is 0 Å². The number of thiophene rings is 1. The summed E-state index contributed by atoms with van der Waals surface area (Å²) in [5.74, 6) is 0. The van der Waals surface area contributed by atoms with E-state index in [0.29, 0.717) is 5.39 Å². The first kappa shape index (κ1) is 11.9. The van der Waals surface area contributed by atoms with Crippen LogP contribution >= 0.6 is 27.3 Å². The summed E-state index contributed by atoms with van der Waals surface area (Å²) in [4.78, 5) is -0.0828. The van der Waals surface area contributed by atoms with Crippen molar-refractivity contribution in [1.82, 2.24) is 0 Å². The summed E-state index contributed by atoms with van der Waals surface area (Å²) in [7, 11) is 0. The Morgan fingerprint density at radius 3 is 2.56 bits per heavy atom. The van der Waals surface area contributed by atoms with Crippen molar-refractivity contribution in [2.24, 2.45) is 0 Å². The summed E-state index contributed by atoms with van der Waals surface area (Å²) in [5.41, 5.74) is 0. The Labute approximate surface area is 102 Å². The van der Waals surface area contributed by atoms with Crippen LogP contribution in [0.25, 0.3) is 10.1 Å². The van der Waals surface area contributed by atoms with Gasteiger partial charge >= 0.3 is 6.18 Å². The van der Waals surface area contributed by atoms with Gasteiger partial charge in [0.05, 0.1) is 0 Å². The molecule has 1 aromatic heterocycles. The van der Waals surface area contributed by atoms with E-state index >= 15 is 0 Å². The summed E-state index contributed by atoms with van der Waals surface area (Å²) < 4.78 is 38.4. The molecule has 0 aliphatic heterocycles. The van der Waals surface area contributed by atoms with Gasteiger partial charge in [0, 0.05) is 14.0 Å². The van der Waals surface area contributed by atoms with Crippen LogP contribution in [0.15, 0.2) is 28.7 Å². The van der Waals surface area contributed by atoms with Gasteiger partial charge in [0.1, 0.15) is 0 Å². The van der Waals surface area contributed by atoms with Gasteiger partial charge in [-0.2, -0.15) is 13.2 Å². The number of hydrogen-bond acceptors (Lipinski definition) is 2. The van der Waals surface area contributed by atoms with E-state index in [1.165, 1.54) is 6.07 Å². The molecule has 1 N–H and O–H groups in total. The number of benzene rings is 1. The highest BCUT2D eigenvalue weighted by Crippen LogP contribution is 2.38. The first-order chi connectivity index (χ1) is 7.38. The fraction of sp³-hybridized carbons (Fsp3) is 0.200. The van der Waals surface area contributed by atoms with Gasteiger partial charge in [-0.15, -0.1) is 11.3 Å². The van der Waals surface area contributed by atoms with Gasteiger partial charge in [0.15, 0.2) is 6.10 Å².